The Kier molecular flexibility index (Phi) is 3.68. The number of aromatic nitrogens is 1. The van der Waals surface area contributed by atoms with Crippen LogP contribution in [0.5, 0.6) is 5.88 Å². The fourth-order valence-electron chi connectivity index (χ4n) is 1.55. The smallest absolute Gasteiger partial charge is 0.228 e. The third-order valence-electron chi connectivity index (χ3n) is 2.40. The largest absolute Gasteiger partial charge is 0.475 e. The molecule has 1 amide bonds. The van der Waals surface area contributed by atoms with Crippen molar-refractivity contribution in [3.63, 3.8) is 0 Å². The number of pyridine rings is 1. The van der Waals surface area contributed by atoms with E-state index in [1.165, 1.54) is 12.3 Å². The summed E-state index contributed by atoms with van der Waals surface area (Å²) in [5, 5.41) is 5.56. The molecule has 0 aromatic carbocycles. The zero-order valence-corrected chi connectivity index (χ0v) is 10.4. The van der Waals surface area contributed by atoms with E-state index < -0.39 is 0 Å². The van der Waals surface area contributed by atoms with Crippen molar-refractivity contribution in [1.29, 1.82) is 0 Å². The number of amides is 1. The molecule has 1 saturated heterocycles. The van der Waals surface area contributed by atoms with Gasteiger partial charge in [0, 0.05) is 6.42 Å². The van der Waals surface area contributed by atoms with Gasteiger partial charge in [0.05, 0.1) is 16.7 Å². The Morgan fingerprint density at radius 1 is 1.65 bits per heavy atom. The molecule has 1 aromatic heterocycles. The normalized spacial score (nSPS) is 18.9. The van der Waals surface area contributed by atoms with E-state index in [9.17, 15) is 9.70 Å². The van der Waals surface area contributed by atoms with Gasteiger partial charge in [0.15, 0.2) is 0 Å². The number of halogens is 1. The van der Waals surface area contributed by atoms with Gasteiger partial charge >= 0.3 is 0 Å². The van der Waals surface area contributed by atoms with E-state index in [1.54, 1.807) is 0 Å². The second kappa shape index (κ2) is 5.22. The number of nitrogens with zero attached hydrogens (tertiary/aromatic N) is 2. The Morgan fingerprint density at radius 3 is 3.06 bits per heavy atom. The molecule has 2 rings (SSSR count). The average Bonchev–Trinajstić information content (AvgIpc) is 2.73. The predicted octanol–water partition coefficient (Wildman–Crippen LogP) is 1.90. The molecule has 0 radical (unpaired) electrons. The summed E-state index contributed by atoms with van der Waals surface area (Å²) in [5.41, 5.74) is 0.235. The highest BCUT2D eigenvalue weighted by atomic mass is 79.9. The highest BCUT2D eigenvalue weighted by molar-refractivity contribution is 9.10. The summed E-state index contributed by atoms with van der Waals surface area (Å²) in [6.07, 6.45) is 2.64. The zero-order chi connectivity index (χ0) is 12.3. The van der Waals surface area contributed by atoms with Crippen molar-refractivity contribution >= 4 is 27.5 Å². The minimum absolute atomic E-state index is 0.0278. The third kappa shape index (κ3) is 3.00. The van der Waals surface area contributed by atoms with Crippen molar-refractivity contribution in [2.24, 2.45) is 5.18 Å². The highest BCUT2D eigenvalue weighted by Crippen LogP contribution is 2.26. The van der Waals surface area contributed by atoms with Crippen LogP contribution in [-0.4, -0.2) is 23.5 Å². The number of nitrogens with one attached hydrogen (secondary N) is 1. The molecule has 1 N–H and O–H groups in total. The molecule has 1 aliphatic heterocycles. The predicted molar refractivity (Wildman–Crippen MR) is 64.1 cm³/mol. The minimum atomic E-state index is 0.0278. The van der Waals surface area contributed by atoms with E-state index in [0.29, 0.717) is 23.4 Å². The second-order valence-electron chi connectivity index (χ2n) is 3.69. The van der Waals surface area contributed by atoms with E-state index in [1.807, 2.05) is 0 Å². The van der Waals surface area contributed by atoms with Crippen LogP contribution < -0.4 is 10.1 Å². The van der Waals surface area contributed by atoms with Gasteiger partial charge in [0.1, 0.15) is 12.3 Å². The van der Waals surface area contributed by atoms with Gasteiger partial charge in [0.25, 0.3) is 0 Å². The summed E-state index contributed by atoms with van der Waals surface area (Å²) >= 11 is 3.24. The molecule has 0 saturated carbocycles. The first kappa shape index (κ1) is 12.0. The van der Waals surface area contributed by atoms with Gasteiger partial charge in [-0.15, -0.1) is 4.91 Å². The number of carbonyl (C=O) groups is 1. The standard InChI is InChI=1S/C10H10BrN3O3/c11-8-3-7(14-16)4-12-10(8)17-5-6-1-2-9(15)13-6/h3-4,6H,1-2,5H2,(H,13,15)/t6-/m1/s1. The van der Waals surface area contributed by atoms with Gasteiger partial charge in [-0.25, -0.2) is 4.98 Å². The third-order valence-corrected chi connectivity index (χ3v) is 2.97. The van der Waals surface area contributed by atoms with Gasteiger partial charge in [0.2, 0.25) is 11.8 Å². The lowest BCUT2D eigenvalue weighted by atomic mass is 10.2. The Balaban J connectivity index is 1.94. The maximum atomic E-state index is 11.0. The van der Waals surface area contributed by atoms with E-state index in [2.05, 4.69) is 31.4 Å². The van der Waals surface area contributed by atoms with Gasteiger partial charge in [-0.3, -0.25) is 4.79 Å². The Bertz CT molecular complexity index is 452. The number of ether oxygens (including phenoxy) is 1. The highest BCUT2D eigenvalue weighted by Gasteiger charge is 2.21. The number of rotatable bonds is 4. The first-order valence-electron chi connectivity index (χ1n) is 5.10. The summed E-state index contributed by atoms with van der Waals surface area (Å²) in [6, 6.07) is 1.56. The monoisotopic (exact) mass is 299 g/mol. The van der Waals surface area contributed by atoms with Crippen LogP contribution in [0.1, 0.15) is 12.8 Å². The molecule has 17 heavy (non-hydrogen) atoms. The molecule has 2 heterocycles. The molecule has 0 bridgehead atoms. The van der Waals surface area contributed by atoms with Crippen LogP contribution in [0.2, 0.25) is 0 Å². The van der Waals surface area contributed by atoms with Crippen molar-refractivity contribution < 1.29 is 9.53 Å². The molecule has 0 aliphatic carbocycles. The first-order valence-corrected chi connectivity index (χ1v) is 5.89. The van der Waals surface area contributed by atoms with Crippen LogP contribution >= 0.6 is 15.9 Å². The fourth-order valence-corrected chi connectivity index (χ4v) is 2.00. The van der Waals surface area contributed by atoms with Gasteiger partial charge in [-0.1, -0.05) is 0 Å². The molecule has 0 spiro atoms. The van der Waals surface area contributed by atoms with Crippen LogP contribution in [0.3, 0.4) is 0 Å². The molecule has 0 unspecified atom stereocenters. The molecular weight excluding hydrogens is 290 g/mol. The lowest BCUT2D eigenvalue weighted by Gasteiger charge is -2.11. The molecule has 1 aliphatic rings. The molecule has 1 fully saturated rings. The van der Waals surface area contributed by atoms with E-state index in [4.69, 9.17) is 4.74 Å². The van der Waals surface area contributed by atoms with Crippen LogP contribution in [0.4, 0.5) is 5.69 Å². The number of hydrogen-bond acceptors (Lipinski definition) is 5. The van der Waals surface area contributed by atoms with Crippen LogP contribution in [0, 0.1) is 4.91 Å². The van der Waals surface area contributed by atoms with Crippen molar-refractivity contribution in [1.82, 2.24) is 10.3 Å². The number of nitroso groups, excluding NO2 is 1. The summed E-state index contributed by atoms with van der Waals surface area (Å²) in [7, 11) is 0. The minimum Gasteiger partial charge on any atom is -0.475 e. The van der Waals surface area contributed by atoms with Crippen LogP contribution in [0.15, 0.2) is 21.9 Å². The van der Waals surface area contributed by atoms with Gasteiger partial charge in [-0.2, -0.15) is 0 Å². The zero-order valence-electron chi connectivity index (χ0n) is 8.85. The summed E-state index contributed by atoms with van der Waals surface area (Å²) in [4.78, 5) is 25.2. The van der Waals surface area contributed by atoms with Gasteiger partial charge in [-0.05, 0) is 33.6 Å². The lowest BCUT2D eigenvalue weighted by molar-refractivity contribution is -0.119. The number of hydrogen-bond donors (Lipinski definition) is 1. The lowest BCUT2D eigenvalue weighted by Crippen LogP contribution is -2.31. The summed E-state index contributed by atoms with van der Waals surface area (Å²) < 4.78 is 6.02. The fraction of sp³-hybridized carbons (Fsp3) is 0.400. The Labute approximate surface area is 106 Å². The van der Waals surface area contributed by atoms with E-state index in [-0.39, 0.29) is 17.6 Å². The topological polar surface area (TPSA) is 80.7 Å². The molecule has 1 atom stereocenters. The number of carbonyl (C=O) groups excluding carboxylic acids is 1. The average molecular weight is 300 g/mol. The SMILES string of the molecule is O=Nc1cnc(OC[C@H]2CCC(=O)N2)c(Br)c1. The first-order chi connectivity index (χ1) is 8.19. The molecule has 90 valence electrons. The molecule has 1 aromatic rings. The Hall–Kier alpha value is -1.50. The maximum Gasteiger partial charge on any atom is 0.228 e. The van der Waals surface area contributed by atoms with Crippen molar-refractivity contribution in [3.8, 4) is 5.88 Å². The Morgan fingerprint density at radius 2 is 2.47 bits per heavy atom. The van der Waals surface area contributed by atoms with E-state index >= 15 is 0 Å². The molecular formula is C10H10BrN3O3. The maximum absolute atomic E-state index is 11.0. The van der Waals surface area contributed by atoms with Gasteiger partial charge < -0.3 is 10.1 Å². The van der Waals surface area contributed by atoms with Crippen molar-refractivity contribution in [2.45, 2.75) is 18.9 Å². The van der Waals surface area contributed by atoms with Crippen molar-refractivity contribution in [2.75, 3.05) is 6.61 Å². The summed E-state index contributed by atoms with van der Waals surface area (Å²) in [5.74, 6) is 0.435. The molecule has 6 nitrogen and oxygen atoms in total. The van der Waals surface area contributed by atoms with Crippen molar-refractivity contribution in [3.05, 3.63) is 21.6 Å². The quantitative estimate of drug-likeness (QED) is 0.861. The van der Waals surface area contributed by atoms with Crippen LogP contribution in [-0.2, 0) is 4.79 Å². The van der Waals surface area contributed by atoms with E-state index in [0.717, 1.165) is 6.42 Å². The van der Waals surface area contributed by atoms with Crippen LogP contribution in [0.25, 0.3) is 0 Å². The molecule has 7 heteroatoms. The summed E-state index contributed by atoms with van der Waals surface area (Å²) in [6.45, 7) is 0.366. The second-order valence-corrected chi connectivity index (χ2v) is 4.54.